The SMILES string of the molecule is C[n+]1cccn1C(N)=O. The average Bonchev–Trinajstić information content (AvgIpc) is 2.13. The summed E-state index contributed by atoms with van der Waals surface area (Å²) in [4.78, 5) is 10.4. The lowest BCUT2D eigenvalue weighted by Crippen LogP contribution is -2.43. The summed E-state index contributed by atoms with van der Waals surface area (Å²) in [6.45, 7) is 0. The highest BCUT2D eigenvalue weighted by molar-refractivity contribution is 5.72. The number of carbonyl (C=O) groups is 1. The first-order valence-electron chi connectivity index (χ1n) is 2.55. The third-order valence-electron chi connectivity index (χ3n) is 1.09. The van der Waals surface area contributed by atoms with Gasteiger partial charge in [-0.05, 0) is 0 Å². The van der Waals surface area contributed by atoms with Gasteiger partial charge in [0.1, 0.15) is 0 Å². The van der Waals surface area contributed by atoms with E-state index in [0.717, 1.165) is 0 Å². The first-order chi connectivity index (χ1) is 4.22. The molecule has 9 heavy (non-hydrogen) atoms. The third kappa shape index (κ3) is 0.910. The van der Waals surface area contributed by atoms with E-state index in [0.29, 0.717) is 0 Å². The van der Waals surface area contributed by atoms with Crippen LogP contribution in [0.4, 0.5) is 4.79 Å². The Kier molecular flexibility index (Phi) is 1.22. The molecular weight excluding hydrogens is 118 g/mol. The zero-order valence-corrected chi connectivity index (χ0v) is 5.11. The van der Waals surface area contributed by atoms with Gasteiger partial charge >= 0.3 is 6.03 Å². The summed E-state index contributed by atoms with van der Waals surface area (Å²) < 4.78 is 2.91. The van der Waals surface area contributed by atoms with Crippen LogP contribution in [0, 0.1) is 0 Å². The number of amides is 1. The molecular formula is C5H8N3O+. The molecule has 0 saturated carbocycles. The maximum absolute atomic E-state index is 10.4. The molecule has 1 rings (SSSR count). The first kappa shape index (κ1) is 5.81. The van der Waals surface area contributed by atoms with Gasteiger partial charge in [0.25, 0.3) is 0 Å². The number of hydrogen-bond acceptors (Lipinski definition) is 1. The molecule has 0 aromatic carbocycles. The second-order valence-corrected chi connectivity index (χ2v) is 1.75. The van der Waals surface area contributed by atoms with E-state index in [9.17, 15) is 4.79 Å². The fraction of sp³-hybridized carbons (Fsp3) is 0.200. The van der Waals surface area contributed by atoms with E-state index in [2.05, 4.69) is 0 Å². The van der Waals surface area contributed by atoms with Crippen LogP contribution >= 0.6 is 0 Å². The van der Waals surface area contributed by atoms with Crippen LogP contribution in [0.25, 0.3) is 0 Å². The third-order valence-corrected chi connectivity index (χ3v) is 1.09. The van der Waals surface area contributed by atoms with Crippen LogP contribution < -0.4 is 10.4 Å². The molecule has 48 valence electrons. The minimum atomic E-state index is -0.470. The van der Waals surface area contributed by atoms with Crippen molar-refractivity contribution in [2.24, 2.45) is 12.8 Å². The van der Waals surface area contributed by atoms with Gasteiger partial charge in [-0.3, -0.25) is 0 Å². The molecule has 2 N–H and O–H groups in total. The van der Waals surface area contributed by atoms with Crippen molar-refractivity contribution in [3.05, 3.63) is 18.5 Å². The maximum Gasteiger partial charge on any atom is 0.372 e. The van der Waals surface area contributed by atoms with E-state index in [1.807, 2.05) is 0 Å². The Morgan fingerprint density at radius 1 is 1.78 bits per heavy atom. The molecule has 0 spiro atoms. The Morgan fingerprint density at radius 3 is 2.67 bits per heavy atom. The number of rotatable bonds is 0. The van der Waals surface area contributed by atoms with Crippen LogP contribution in [0.3, 0.4) is 0 Å². The predicted octanol–water partition coefficient (Wildman–Crippen LogP) is -0.761. The molecule has 0 fully saturated rings. The molecule has 1 aromatic heterocycles. The molecule has 0 atom stereocenters. The average molecular weight is 126 g/mol. The summed E-state index contributed by atoms with van der Waals surface area (Å²) >= 11 is 0. The van der Waals surface area contributed by atoms with Gasteiger partial charge in [-0.15, -0.1) is 4.68 Å². The summed E-state index contributed by atoms with van der Waals surface area (Å²) in [6.07, 6.45) is 3.34. The number of nitrogens with zero attached hydrogens (tertiary/aromatic N) is 2. The highest BCUT2D eigenvalue weighted by Gasteiger charge is 2.05. The minimum absolute atomic E-state index is 0.470. The zero-order valence-electron chi connectivity index (χ0n) is 5.11. The van der Waals surface area contributed by atoms with Crippen LogP contribution in [0.2, 0.25) is 0 Å². The van der Waals surface area contributed by atoms with Crippen molar-refractivity contribution >= 4 is 6.03 Å². The molecule has 0 saturated heterocycles. The largest absolute Gasteiger partial charge is 0.372 e. The van der Waals surface area contributed by atoms with Crippen molar-refractivity contribution in [1.29, 1.82) is 0 Å². The molecule has 1 aromatic rings. The highest BCUT2D eigenvalue weighted by Crippen LogP contribution is 1.76. The maximum atomic E-state index is 10.4. The van der Waals surface area contributed by atoms with Crippen LogP contribution in [-0.4, -0.2) is 10.7 Å². The van der Waals surface area contributed by atoms with Crippen molar-refractivity contribution in [3.63, 3.8) is 0 Å². The minimum Gasteiger partial charge on any atom is -0.347 e. The molecule has 0 bridgehead atoms. The fourth-order valence-electron chi connectivity index (χ4n) is 0.650. The summed E-state index contributed by atoms with van der Waals surface area (Å²) in [7, 11) is 1.74. The van der Waals surface area contributed by atoms with Crippen molar-refractivity contribution < 1.29 is 9.48 Å². The van der Waals surface area contributed by atoms with Gasteiger partial charge in [0, 0.05) is 6.07 Å². The van der Waals surface area contributed by atoms with Gasteiger partial charge in [0.15, 0.2) is 13.2 Å². The predicted molar refractivity (Wildman–Crippen MR) is 30.6 cm³/mol. The number of aryl methyl sites for hydroxylation is 1. The second-order valence-electron chi connectivity index (χ2n) is 1.75. The number of nitrogens with two attached hydrogens (primary N) is 1. The summed E-state index contributed by atoms with van der Waals surface area (Å²) in [5.74, 6) is 0. The lowest BCUT2D eigenvalue weighted by Gasteiger charge is -1.88. The van der Waals surface area contributed by atoms with E-state index in [-0.39, 0.29) is 0 Å². The van der Waals surface area contributed by atoms with Crippen molar-refractivity contribution in [2.75, 3.05) is 0 Å². The Hall–Kier alpha value is -1.32. The van der Waals surface area contributed by atoms with E-state index in [1.165, 1.54) is 4.68 Å². The van der Waals surface area contributed by atoms with Crippen LogP contribution in [-0.2, 0) is 7.05 Å². The van der Waals surface area contributed by atoms with Crippen molar-refractivity contribution in [2.45, 2.75) is 0 Å². The van der Waals surface area contributed by atoms with Crippen LogP contribution in [0.1, 0.15) is 0 Å². The summed E-state index contributed by atoms with van der Waals surface area (Å²) in [6, 6.07) is 1.27. The molecule has 0 aliphatic rings. The van der Waals surface area contributed by atoms with E-state index < -0.39 is 6.03 Å². The molecule has 4 nitrogen and oxygen atoms in total. The van der Waals surface area contributed by atoms with Gasteiger partial charge in [-0.1, -0.05) is 4.68 Å². The van der Waals surface area contributed by atoms with Crippen molar-refractivity contribution in [3.8, 4) is 0 Å². The molecule has 1 heterocycles. The molecule has 0 aliphatic carbocycles. The molecule has 0 aliphatic heterocycles. The Morgan fingerprint density at radius 2 is 2.44 bits per heavy atom. The van der Waals surface area contributed by atoms with Gasteiger partial charge in [0.2, 0.25) is 0 Å². The number of primary amides is 1. The van der Waals surface area contributed by atoms with Gasteiger partial charge in [0.05, 0.1) is 6.20 Å². The lowest BCUT2D eigenvalue weighted by molar-refractivity contribution is -0.741. The topological polar surface area (TPSA) is 51.9 Å². The Bertz CT molecular complexity index is 228. The van der Waals surface area contributed by atoms with E-state index in [4.69, 9.17) is 5.73 Å². The van der Waals surface area contributed by atoms with Gasteiger partial charge in [-0.25, -0.2) is 4.79 Å². The Balaban J connectivity index is 3.08. The van der Waals surface area contributed by atoms with Gasteiger partial charge < -0.3 is 5.73 Å². The van der Waals surface area contributed by atoms with E-state index >= 15 is 0 Å². The normalized spacial score (nSPS) is 9.44. The summed E-state index contributed by atoms with van der Waals surface area (Å²) in [5, 5.41) is 0. The van der Waals surface area contributed by atoms with Crippen LogP contribution in [0.15, 0.2) is 18.5 Å². The highest BCUT2D eigenvalue weighted by atomic mass is 16.2. The number of carbonyl (C=O) groups excluding carboxylic acids is 1. The van der Waals surface area contributed by atoms with Crippen molar-refractivity contribution in [1.82, 2.24) is 4.68 Å². The monoisotopic (exact) mass is 126 g/mol. The smallest absolute Gasteiger partial charge is 0.347 e. The number of hydrogen-bond donors (Lipinski definition) is 1. The molecule has 1 amide bonds. The Labute approximate surface area is 52.5 Å². The fourth-order valence-corrected chi connectivity index (χ4v) is 0.650. The van der Waals surface area contributed by atoms with Gasteiger partial charge in [-0.2, -0.15) is 0 Å². The van der Waals surface area contributed by atoms with E-state index in [1.54, 1.807) is 30.2 Å². The molecule has 4 heteroatoms. The quantitative estimate of drug-likeness (QED) is 0.456. The lowest BCUT2D eigenvalue weighted by atomic mass is 10.7. The van der Waals surface area contributed by atoms with Crippen LogP contribution in [0.5, 0.6) is 0 Å². The first-order valence-corrected chi connectivity index (χ1v) is 2.55. The summed E-state index contributed by atoms with van der Waals surface area (Å²) in [5.41, 5.74) is 4.96. The second kappa shape index (κ2) is 1.89. The number of aromatic nitrogens is 2. The zero-order chi connectivity index (χ0) is 6.85. The molecule has 0 radical (unpaired) electrons. The standard InChI is InChI=1S/C5H7N3O/c1-7-3-2-4-8(7)5(6)9/h2-4H,1H3,(H-,6,9)/p+1. The molecule has 0 unspecified atom stereocenters.